The number of aromatic nitrogens is 2. The number of carbonyl (C=O) groups is 1. The van der Waals surface area contributed by atoms with Crippen molar-refractivity contribution in [1.29, 1.82) is 0 Å². The first-order valence-corrected chi connectivity index (χ1v) is 6.67. The first-order chi connectivity index (χ1) is 9.19. The van der Waals surface area contributed by atoms with Crippen LogP contribution in [0, 0.1) is 0 Å². The molecular weight excluding hydrogens is 334 g/mol. The van der Waals surface area contributed by atoms with E-state index in [2.05, 4.69) is 21.0 Å². The third-order valence-corrected chi connectivity index (χ3v) is 2.94. The molecule has 0 saturated carbocycles. The van der Waals surface area contributed by atoms with Crippen molar-refractivity contribution in [3.05, 3.63) is 28.4 Å². The van der Waals surface area contributed by atoms with Crippen molar-refractivity contribution in [2.75, 3.05) is 0 Å². The lowest BCUT2D eigenvalue weighted by molar-refractivity contribution is 0.0522. The van der Waals surface area contributed by atoms with Gasteiger partial charge in [-0.25, -0.2) is 13.6 Å². The van der Waals surface area contributed by atoms with Gasteiger partial charge >= 0.3 is 6.09 Å². The lowest BCUT2D eigenvalue weighted by Gasteiger charge is -2.19. The number of hydrogen-bond donors (Lipinski definition) is 0. The fourth-order valence-corrected chi connectivity index (χ4v) is 2.21. The summed E-state index contributed by atoms with van der Waals surface area (Å²) in [6.07, 6.45) is -2.11. The Kier molecular flexibility index (Phi) is 3.82. The Hall–Kier alpha value is -1.50. The summed E-state index contributed by atoms with van der Waals surface area (Å²) in [5.74, 6) is 0. The SMILES string of the molecule is CC(C)(C)OC(=O)n1ncc2c(C(F)F)cc(Br)cc21. The minimum atomic E-state index is -2.65. The number of ether oxygens (including phenoxy) is 1. The largest absolute Gasteiger partial charge is 0.442 e. The molecule has 0 unspecified atom stereocenters. The topological polar surface area (TPSA) is 44.1 Å². The molecule has 0 N–H and O–H groups in total. The maximum atomic E-state index is 13.0. The molecule has 0 amide bonds. The molecule has 0 aliphatic carbocycles. The van der Waals surface area contributed by atoms with Crippen molar-refractivity contribution >= 4 is 32.9 Å². The summed E-state index contributed by atoms with van der Waals surface area (Å²) in [5, 5.41) is 4.08. The molecule has 0 saturated heterocycles. The first kappa shape index (κ1) is 14.9. The fourth-order valence-electron chi connectivity index (χ4n) is 1.75. The molecule has 0 spiro atoms. The Morgan fingerprint density at radius 1 is 1.40 bits per heavy atom. The fraction of sp³-hybridized carbons (Fsp3) is 0.385. The van der Waals surface area contributed by atoms with Crippen LogP contribution in [0.15, 0.2) is 22.8 Å². The molecule has 108 valence electrons. The molecule has 4 nitrogen and oxygen atoms in total. The number of halogens is 3. The Bertz CT molecular complexity index is 662. The highest BCUT2D eigenvalue weighted by atomic mass is 79.9. The normalized spacial score (nSPS) is 12.2. The van der Waals surface area contributed by atoms with Crippen LogP contribution < -0.4 is 0 Å². The standard InChI is InChI=1S/C13H13BrF2N2O2/c1-13(2,3)20-12(19)18-10-5-7(14)4-8(11(15)16)9(10)6-17-18/h4-6,11H,1-3H3. The van der Waals surface area contributed by atoms with Gasteiger partial charge in [0, 0.05) is 15.4 Å². The smallest absolute Gasteiger partial charge is 0.435 e. The zero-order chi connectivity index (χ0) is 15.1. The molecule has 20 heavy (non-hydrogen) atoms. The van der Waals surface area contributed by atoms with Crippen molar-refractivity contribution in [2.45, 2.75) is 32.8 Å². The predicted octanol–water partition coefficient (Wildman–Crippen LogP) is 4.52. The number of alkyl halides is 2. The van der Waals surface area contributed by atoms with E-state index in [1.165, 1.54) is 12.3 Å². The monoisotopic (exact) mass is 346 g/mol. The molecule has 0 aliphatic heterocycles. The van der Waals surface area contributed by atoms with Crippen LogP contribution in [0.5, 0.6) is 0 Å². The number of rotatable bonds is 1. The van der Waals surface area contributed by atoms with E-state index in [0.29, 0.717) is 4.47 Å². The van der Waals surface area contributed by atoms with Gasteiger partial charge < -0.3 is 4.74 Å². The number of nitrogens with zero attached hydrogens (tertiary/aromatic N) is 2. The van der Waals surface area contributed by atoms with E-state index >= 15 is 0 Å². The lowest BCUT2D eigenvalue weighted by atomic mass is 10.1. The Balaban J connectivity index is 2.54. The van der Waals surface area contributed by atoms with Crippen LogP contribution in [-0.2, 0) is 4.74 Å². The van der Waals surface area contributed by atoms with E-state index in [1.807, 2.05) is 0 Å². The molecule has 1 aromatic heterocycles. The summed E-state index contributed by atoms with van der Waals surface area (Å²) >= 11 is 3.15. The second-order valence-corrected chi connectivity index (χ2v) is 6.18. The molecule has 0 aliphatic rings. The number of hydrogen-bond acceptors (Lipinski definition) is 3. The zero-order valence-electron chi connectivity index (χ0n) is 11.2. The quantitative estimate of drug-likeness (QED) is 0.762. The Labute approximate surface area is 122 Å². The average molecular weight is 347 g/mol. The van der Waals surface area contributed by atoms with E-state index in [0.717, 1.165) is 4.68 Å². The highest BCUT2D eigenvalue weighted by Crippen LogP contribution is 2.31. The molecule has 0 bridgehead atoms. The van der Waals surface area contributed by atoms with Crippen molar-refractivity contribution in [3.8, 4) is 0 Å². The van der Waals surface area contributed by atoms with Gasteiger partial charge in [0.2, 0.25) is 0 Å². The Morgan fingerprint density at radius 3 is 2.60 bits per heavy atom. The third kappa shape index (κ3) is 2.98. The first-order valence-electron chi connectivity index (χ1n) is 5.88. The molecule has 2 rings (SSSR count). The highest BCUT2D eigenvalue weighted by Gasteiger charge is 2.22. The summed E-state index contributed by atoms with van der Waals surface area (Å²) in [6, 6.07) is 2.87. The number of fused-ring (bicyclic) bond motifs is 1. The summed E-state index contributed by atoms with van der Waals surface area (Å²) in [7, 11) is 0. The number of carbonyl (C=O) groups excluding carboxylic acids is 1. The minimum Gasteiger partial charge on any atom is -0.442 e. The van der Waals surface area contributed by atoms with Crippen LogP contribution in [0.1, 0.15) is 32.8 Å². The molecule has 1 aromatic carbocycles. The molecule has 0 atom stereocenters. The predicted molar refractivity (Wildman–Crippen MR) is 74.0 cm³/mol. The average Bonchev–Trinajstić information content (AvgIpc) is 2.68. The van der Waals surface area contributed by atoms with Gasteiger partial charge in [0.1, 0.15) is 5.60 Å². The van der Waals surface area contributed by atoms with Gasteiger partial charge in [-0.3, -0.25) is 0 Å². The zero-order valence-corrected chi connectivity index (χ0v) is 12.7. The number of benzene rings is 1. The van der Waals surface area contributed by atoms with Gasteiger partial charge in [-0.2, -0.15) is 9.78 Å². The van der Waals surface area contributed by atoms with Gasteiger partial charge in [0.15, 0.2) is 0 Å². The van der Waals surface area contributed by atoms with E-state index in [4.69, 9.17) is 4.74 Å². The van der Waals surface area contributed by atoms with Gasteiger partial charge in [-0.15, -0.1) is 0 Å². The summed E-state index contributed by atoms with van der Waals surface area (Å²) in [5.41, 5.74) is -0.583. The van der Waals surface area contributed by atoms with E-state index in [9.17, 15) is 13.6 Å². The third-order valence-electron chi connectivity index (χ3n) is 2.49. The van der Waals surface area contributed by atoms with Crippen molar-refractivity contribution < 1.29 is 18.3 Å². The second-order valence-electron chi connectivity index (χ2n) is 5.27. The molecule has 0 radical (unpaired) electrons. The van der Waals surface area contributed by atoms with Crippen molar-refractivity contribution in [2.24, 2.45) is 0 Å². The maximum Gasteiger partial charge on any atom is 0.435 e. The van der Waals surface area contributed by atoms with Crippen molar-refractivity contribution in [1.82, 2.24) is 9.78 Å². The van der Waals surface area contributed by atoms with Crippen LogP contribution in [0.2, 0.25) is 0 Å². The van der Waals surface area contributed by atoms with E-state index in [-0.39, 0.29) is 16.5 Å². The summed E-state index contributed by atoms with van der Waals surface area (Å²) in [6.45, 7) is 5.16. The second kappa shape index (κ2) is 5.12. The van der Waals surface area contributed by atoms with E-state index in [1.54, 1.807) is 26.8 Å². The van der Waals surface area contributed by atoms with Gasteiger partial charge in [0.25, 0.3) is 6.43 Å². The van der Waals surface area contributed by atoms with Crippen LogP contribution in [-0.4, -0.2) is 21.5 Å². The molecule has 1 heterocycles. The van der Waals surface area contributed by atoms with E-state index < -0.39 is 18.1 Å². The van der Waals surface area contributed by atoms with Crippen LogP contribution >= 0.6 is 15.9 Å². The molecule has 7 heteroatoms. The minimum absolute atomic E-state index is 0.177. The summed E-state index contributed by atoms with van der Waals surface area (Å²) < 4.78 is 32.6. The van der Waals surface area contributed by atoms with Crippen molar-refractivity contribution in [3.63, 3.8) is 0 Å². The molecule has 2 aromatic rings. The Morgan fingerprint density at radius 2 is 2.05 bits per heavy atom. The lowest BCUT2D eigenvalue weighted by Crippen LogP contribution is -2.27. The van der Waals surface area contributed by atoms with Crippen LogP contribution in [0.4, 0.5) is 13.6 Å². The molecular formula is C13H13BrF2N2O2. The van der Waals surface area contributed by atoms with Gasteiger partial charge in [-0.05, 0) is 32.9 Å². The molecule has 0 fully saturated rings. The highest BCUT2D eigenvalue weighted by molar-refractivity contribution is 9.10. The summed E-state index contributed by atoms with van der Waals surface area (Å²) in [4.78, 5) is 12.0. The maximum absolute atomic E-state index is 13.0. The van der Waals surface area contributed by atoms with Crippen LogP contribution in [0.3, 0.4) is 0 Å². The van der Waals surface area contributed by atoms with Crippen LogP contribution in [0.25, 0.3) is 10.9 Å². The van der Waals surface area contributed by atoms with Gasteiger partial charge in [0.05, 0.1) is 11.7 Å². The van der Waals surface area contributed by atoms with Gasteiger partial charge in [-0.1, -0.05) is 15.9 Å².